The van der Waals surface area contributed by atoms with Crippen LogP contribution in [0.1, 0.15) is 10.4 Å². The molecule has 1 aromatic carbocycles. The van der Waals surface area contributed by atoms with Crippen molar-refractivity contribution in [3.63, 3.8) is 0 Å². The molecule has 1 aliphatic heterocycles. The van der Waals surface area contributed by atoms with E-state index in [1.807, 2.05) is 0 Å². The summed E-state index contributed by atoms with van der Waals surface area (Å²) in [7, 11) is 0. The van der Waals surface area contributed by atoms with Crippen LogP contribution in [0.15, 0.2) is 18.2 Å². The van der Waals surface area contributed by atoms with Crippen molar-refractivity contribution in [1.82, 2.24) is 0 Å². The van der Waals surface area contributed by atoms with Gasteiger partial charge in [-0.15, -0.1) is 0 Å². The number of hydrogen-bond donors (Lipinski definition) is 1. The number of hydrogen-bond acceptors (Lipinski definition) is 3. The Kier molecular flexibility index (Phi) is 1.12. The van der Waals surface area contributed by atoms with Gasteiger partial charge >= 0.3 is 0 Å². The molecule has 0 saturated heterocycles. The van der Waals surface area contributed by atoms with E-state index in [0.29, 0.717) is 17.0 Å². The van der Waals surface area contributed by atoms with E-state index in [9.17, 15) is 4.79 Å². The number of fused-ring (bicyclic) bond motifs is 1. The molecule has 2 rings (SSSR count). The first-order valence-corrected chi connectivity index (χ1v) is 3.33. The molecule has 1 aromatic rings. The third-order valence-electron chi connectivity index (χ3n) is 1.66. The Labute approximate surface area is 63.8 Å². The maximum atomic E-state index is 11.0. The molecule has 0 amide bonds. The van der Waals surface area contributed by atoms with Crippen molar-refractivity contribution < 1.29 is 9.53 Å². The number of rotatable bonds is 0. The summed E-state index contributed by atoms with van der Waals surface area (Å²) in [6, 6.07) is 5.06. The van der Waals surface area contributed by atoms with Crippen molar-refractivity contribution >= 4 is 11.5 Å². The van der Waals surface area contributed by atoms with Crippen LogP contribution in [-0.2, 0) is 0 Å². The number of nitrogen functional groups attached to an aromatic ring is 1. The summed E-state index contributed by atoms with van der Waals surface area (Å²) in [5.41, 5.74) is 6.75. The van der Waals surface area contributed by atoms with E-state index in [-0.39, 0.29) is 12.4 Å². The van der Waals surface area contributed by atoms with Gasteiger partial charge in [-0.2, -0.15) is 0 Å². The lowest BCUT2D eigenvalue weighted by atomic mass is 10.1. The smallest absolute Gasteiger partial charge is 0.203 e. The van der Waals surface area contributed by atoms with Gasteiger partial charge in [0.1, 0.15) is 5.75 Å². The second-order valence-corrected chi connectivity index (χ2v) is 2.47. The maximum Gasteiger partial charge on any atom is 0.203 e. The Bertz CT molecular complexity index is 320. The largest absolute Gasteiger partial charge is 0.485 e. The molecule has 0 unspecified atom stereocenters. The maximum absolute atomic E-state index is 11.0. The van der Waals surface area contributed by atoms with Crippen LogP contribution in [0.25, 0.3) is 0 Å². The summed E-state index contributed by atoms with van der Waals surface area (Å²) in [4.78, 5) is 11.0. The number of benzene rings is 1. The normalized spacial score (nSPS) is 14.4. The first-order chi connectivity index (χ1) is 5.27. The number of ketones is 1. The van der Waals surface area contributed by atoms with Gasteiger partial charge in [0.2, 0.25) is 5.78 Å². The molecule has 0 fully saturated rings. The summed E-state index contributed by atoms with van der Waals surface area (Å²) < 4.78 is 5.06. The van der Waals surface area contributed by atoms with Crippen LogP contribution in [0, 0.1) is 0 Å². The fourth-order valence-corrected chi connectivity index (χ4v) is 1.11. The zero-order valence-electron chi connectivity index (χ0n) is 5.83. The minimum Gasteiger partial charge on any atom is -0.485 e. The van der Waals surface area contributed by atoms with Crippen LogP contribution in [0.3, 0.4) is 0 Å². The van der Waals surface area contributed by atoms with E-state index in [4.69, 9.17) is 10.5 Å². The van der Waals surface area contributed by atoms with E-state index >= 15 is 0 Å². The third-order valence-corrected chi connectivity index (χ3v) is 1.66. The lowest BCUT2D eigenvalue weighted by molar-refractivity contribution is 0.0961. The Hall–Kier alpha value is -1.51. The number of nitrogens with two attached hydrogens (primary N) is 1. The number of anilines is 1. The molecule has 0 aromatic heterocycles. The average molecular weight is 149 g/mol. The van der Waals surface area contributed by atoms with Gasteiger partial charge in [-0.25, -0.2) is 0 Å². The molecular formula is C8H7NO2. The van der Waals surface area contributed by atoms with E-state index in [1.165, 1.54) is 0 Å². The summed E-state index contributed by atoms with van der Waals surface area (Å²) in [5, 5.41) is 0. The highest BCUT2D eigenvalue weighted by atomic mass is 16.5. The quantitative estimate of drug-likeness (QED) is 0.556. The van der Waals surface area contributed by atoms with Crippen LogP contribution in [-0.4, -0.2) is 12.4 Å². The Morgan fingerprint density at radius 2 is 2.27 bits per heavy atom. The van der Waals surface area contributed by atoms with Gasteiger partial charge in [0.05, 0.1) is 5.56 Å². The first kappa shape index (κ1) is 6.22. The Morgan fingerprint density at radius 1 is 1.45 bits per heavy atom. The Balaban J connectivity index is 2.59. The first-order valence-electron chi connectivity index (χ1n) is 3.33. The predicted octanol–water partition coefficient (Wildman–Crippen LogP) is 0.844. The van der Waals surface area contributed by atoms with E-state index in [2.05, 4.69) is 0 Å². The molecular weight excluding hydrogens is 142 g/mol. The minimum atomic E-state index is 0.0278. The molecule has 0 radical (unpaired) electrons. The predicted molar refractivity (Wildman–Crippen MR) is 40.7 cm³/mol. The van der Waals surface area contributed by atoms with Gasteiger partial charge in [-0.1, -0.05) is 0 Å². The van der Waals surface area contributed by atoms with Gasteiger partial charge in [-0.3, -0.25) is 4.79 Å². The van der Waals surface area contributed by atoms with Crippen molar-refractivity contribution in [3.8, 4) is 5.75 Å². The molecule has 1 heterocycles. The number of carbonyl (C=O) groups is 1. The van der Waals surface area contributed by atoms with Crippen molar-refractivity contribution in [2.75, 3.05) is 12.3 Å². The average Bonchev–Trinajstić information content (AvgIpc) is 2.32. The molecule has 11 heavy (non-hydrogen) atoms. The van der Waals surface area contributed by atoms with Gasteiger partial charge < -0.3 is 10.5 Å². The second-order valence-electron chi connectivity index (χ2n) is 2.47. The van der Waals surface area contributed by atoms with E-state index in [0.717, 1.165) is 0 Å². The van der Waals surface area contributed by atoms with Gasteiger partial charge in [-0.05, 0) is 12.1 Å². The zero-order valence-corrected chi connectivity index (χ0v) is 5.83. The number of ether oxygens (including phenoxy) is 1. The second kappa shape index (κ2) is 1.99. The fourth-order valence-electron chi connectivity index (χ4n) is 1.11. The van der Waals surface area contributed by atoms with Crippen LogP contribution < -0.4 is 10.5 Å². The standard InChI is InChI=1S/C8H7NO2/c9-5-1-2-6-7(10)4-11-8(6)3-5/h1-3H,4,9H2. The Morgan fingerprint density at radius 3 is 3.09 bits per heavy atom. The van der Waals surface area contributed by atoms with E-state index < -0.39 is 0 Å². The number of Topliss-reactive ketones (excluding diaryl/α,β-unsaturated/α-hetero) is 1. The van der Waals surface area contributed by atoms with Crippen molar-refractivity contribution in [3.05, 3.63) is 23.8 Å². The molecule has 0 saturated carbocycles. The minimum absolute atomic E-state index is 0.0278. The molecule has 3 nitrogen and oxygen atoms in total. The van der Waals surface area contributed by atoms with Gasteiger partial charge in [0, 0.05) is 11.8 Å². The fraction of sp³-hybridized carbons (Fsp3) is 0.125. The molecule has 0 bridgehead atoms. The van der Waals surface area contributed by atoms with Gasteiger partial charge in [0.25, 0.3) is 0 Å². The zero-order chi connectivity index (χ0) is 7.84. The van der Waals surface area contributed by atoms with Crippen LogP contribution in [0.5, 0.6) is 5.75 Å². The highest BCUT2D eigenvalue weighted by Crippen LogP contribution is 2.26. The molecule has 3 heteroatoms. The number of carbonyl (C=O) groups excluding carboxylic acids is 1. The summed E-state index contributed by atoms with van der Waals surface area (Å²) in [5.74, 6) is 0.634. The van der Waals surface area contributed by atoms with Crippen molar-refractivity contribution in [1.29, 1.82) is 0 Å². The van der Waals surface area contributed by atoms with Crippen molar-refractivity contribution in [2.24, 2.45) is 0 Å². The summed E-state index contributed by atoms with van der Waals surface area (Å²) in [6.07, 6.45) is 0. The molecule has 0 aliphatic carbocycles. The topological polar surface area (TPSA) is 52.3 Å². The van der Waals surface area contributed by atoms with E-state index in [1.54, 1.807) is 18.2 Å². The molecule has 56 valence electrons. The van der Waals surface area contributed by atoms with Crippen LogP contribution in [0.2, 0.25) is 0 Å². The molecule has 2 N–H and O–H groups in total. The van der Waals surface area contributed by atoms with Crippen LogP contribution in [0.4, 0.5) is 5.69 Å². The SMILES string of the molecule is Nc1ccc2c(c1)OCC2=O. The summed E-state index contributed by atoms with van der Waals surface area (Å²) >= 11 is 0. The van der Waals surface area contributed by atoms with Crippen LogP contribution >= 0.6 is 0 Å². The lowest BCUT2D eigenvalue weighted by Crippen LogP contribution is -1.98. The highest BCUT2D eigenvalue weighted by molar-refractivity contribution is 6.02. The third kappa shape index (κ3) is 0.852. The molecule has 0 atom stereocenters. The highest BCUT2D eigenvalue weighted by Gasteiger charge is 2.20. The summed E-state index contributed by atoms with van der Waals surface area (Å²) in [6.45, 7) is 0.152. The molecule has 1 aliphatic rings. The van der Waals surface area contributed by atoms with Crippen molar-refractivity contribution in [2.45, 2.75) is 0 Å². The molecule has 0 spiro atoms. The van der Waals surface area contributed by atoms with Gasteiger partial charge in [0.15, 0.2) is 6.61 Å². The monoisotopic (exact) mass is 149 g/mol. The lowest BCUT2D eigenvalue weighted by Gasteiger charge is -1.96.